The molecule has 144 valence electrons. The van der Waals surface area contributed by atoms with E-state index in [9.17, 15) is 19.5 Å². The average Bonchev–Trinajstić information content (AvgIpc) is 2.93. The van der Waals surface area contributed by atoms with Crippen molar-refractivity contribution in [2.75, 3.05) is 13.7 Å². The summed E-state index contributed by atoms with van der Waals surface area (Å²) in [5, 5.41) is 9.97. The summed E-state index contributed by atoms with van der Waals surface area (Å²) < 4.78 is 11.5. The van der Waals surface area contributed by atoms with Crippen molar-refractivity contribution < 1.29 is 29.0 Å². The summed E-state index contributed by atoms with van der Waals surface area (Å²) in [7, 11) is 1.32. The van der Waals surface area contributed by atoms with E-state index < -0.39 is 12.6 Å². The van der Waals surface area contributed by atoms with Gasteiger partial charge in [-0.15, -0.1) is 0 Å². The number of aryl methyl sites for hydroxylation is 1. The molecule has 1 heterocycles. The lowest BCUT2D eigenvalue weighted by Crippen LogP contribution is -2.15. The number of halogens is 1. The Balaban J connectivity index is 2.07. The van der Waals surface area contributed by atoms with Crippen molar-refractivity contribution in [3.8, 4) is 5.75 Å². The van der Waals surface area contributed by atoms with Gasteiger partial charge in [-0.25, -0.2) is 4.79 Å². The second-order valence-corrected chi connectivity index (χ2v) is 6.36. The Morgan fingerprint density at radius 2 is 1.85 bits per heavy atom. The summed E-state index contributed by atoms with van der Waals surface area (Å²) in [6.45, 7) is 3.47. The summed E-state index contributed by atoms with van der Waals surface area (Å²) in [4.78, 5) is 35.8. The number of phenols is 1. The minimum absolute atomic E-state index is 0.112. The Labute approximate surface area is 161 Å². The zero-order chi connectivity index (χ0) is 20.1. The van der Waals surface area contributed by atoms with E-state index in [0.29, 0.717) is 17.8 Å². The molecule has 0 aliphatic heterocycles. The first-order valence-electron chi connectivity index (χ1n) is 8.17. The summed E-state index contributed by atoms with van der Waals surface area (Å²) in [5.74, 6) is -1.85. The number of aromatic hydroxyl groups is 1. The highest BCUT2D eigenvalue weighted by Crippen LogP contribution is 2.22. The molecule has 7 nitrogen and oxygen atoms in total. The zero-order valence-electron chi connectivity index (χ0n) is 15.2. The number of carbonyl (C=O) groups excluding carboxylic acids is 3. The summed E-state index contributed by atoms with van der Waals surface area (Å²) >= 11 is 5.80. The van der Waals surface area contributed by atoms with Gasteiger partial charge >= 0.3 is 11.9 Å². The number of benzene rings is 1. The first kappa shape index (κ1) is 20.5. The average molecular weight is 394 g/mol. The number of hydrogen-bond donors (Lipinski definition) is 1. The van der Waals surface area contributed by atoms with Gasteiger partial charge in [-0.1, -0.05) is 11.6 Å². The molecule has 0 radical (unpaired) electrons. The number of esters is 2. The van der Waals surface area contributed by atoms with Crippen LogP contribution in [0.1, 0.15) is 38.5 Å². The fraction of sp³-hybridized carbons (Fsp3) is 0.316. The van der Waals surface area contributed by atoms with E-state index in [1.807, 2.05) is 11.5 Å². The highest BCUT2D eigenvalue weighted by molar-refractivity contribution is 6.31. The maximum Gasteiger partial charge on any atom is 0.342 e. The quantitative estimate of drug-likeness (QED) is 0.573. The molecule has 0 unspecified atom stereocenters. The van der Waals surface area contributed by atoms with Crippen molar-refractivity contribution in [1.82, 2.24) is 4.57 Å². The lowest BCUT2D eigenvalue weighted by molar-refractivity contribution is -0.140. The third-order valence-electron chi connectivity index (χ3n) is 4.15. The van der Waals surface area contributed by atoms with Crippen LogP contribution in [0.5, 0.6) is 5.75 Å². The predicted octanol–water partition coefficient (Wildman–Crippen LogP) is 3.07. The molecule has 0 bridgehead atoms. The molecular weight excluding hydrogens is 374 g/mol. The Morgan fingerprint density at radius 3 is 2.52 bits per heavy atom. The normalized spacial score (nSPS) is 10.5. The number of ether oxygens (including phenoxy) is 2. The van der Waals surface area contributed by atoms with Crippen molar-refractivity contribution >= 4 is 29.3 Å². The van der Waals surface area contributed by atoms with Crippen LogP contribution in [0.25, 0.3) is 0 Å². The van der Waals surface area contributed by atoms with E-state index in [2.05, 4.69) is 4.74 Å². The number of Topliss-reactive ketones (excluding diaryl/α,β-unsaturated/α-hetero) is 1. The number of carbonyl (C=O) groups is 3. The number of nitrogens with zero attached hydrogens (tertiary/aromatic N) is 1. The van der Waals surface area contributed by atoms with E-state index in [-0.39, 0.29) is 34.5 Å². The smallest absolute Gasteiger partial charge is 0.342 e. The number of hydrogen-bond acceptors (Lipinski definition) is 6. The van der Waals surface area contributed by atoms with Crippen LogP contribution in [0.2, 0.25) is 5.02 Å². The summed E-state index contributed by atoms with van der Waals surface area (Å²) in [5.41, 5.74) is 1.76. The molecule has 0 fully saturated rings. The van der Waals surface area contributed by atoms with Gasteiger partial charge in [-0.2, -0.15) is 0 Å². The number of ketones is 1. The van der Waals surface area contributed by atoms with Crippen molar-refractivity contribution in [1.29, 1.82) is 0 Å². The summed E-state index contributed by atoms with van der Waals surface area (Å²) in [6, 6.07) is 5.65. The van der Waals surface area contributed by atoms with Crippen molar-refractivity contribution in [3.63, 3.8) is 0 Å². The minimum Gasteiger partial charge on any atom is -0.507 e. The van der Waals surface area contributed by atoms with Crippen molar-refractivity contribution in [2.45, 2.75) is 26.8 Å². The number of methoxy groups -OCH3 is 1. The van der Waals surface area contributed by atoms with Crippen LogP contribution in [0.3, 0.4) is 0 Å². The lowest BCUT2D eigenvalue weighted by Gasteiger charge is -2.09. The number of phenolic OH excluding ortho intramolecular Hbond substituents is 1. The van der Waals surface area contributed by atoms with Gasteiger partial charge in [0.05, 0.1) is 13.5 Å². The Kier molecular flexibility index (Phi) is 6.63. The van der Waals surface area contributed by atoms with E-state index in [4.69, 9.17) is 16.3 Å². The molecule has 8 heteroatoms. The molecule has 1 aromatic heterocycles. The third kappa shape index (κ3) is 4.89. The van der Waals surface area contributed by atoms with Gasteiger partial charge in [-0.3, -0.25) is 9.59 Å². The lowest BCUT2D eigenvalue weighted by atomic mass is 10.1. The molecular formula is C19H20ClNO6. The van der Waals surface area contributed by atoms with E-state index >= 15 is 0 Å². The van der Waals surface area contributed by atoms with Gasteiger partial charge < -0.3 is 19.1 Å². The van der Waals surface area contributed by atoms with E-state index in [0.717, 1.165) is 5.69 Å². The van der Waals surface area contributed by atoms with Gasteiger partial charge in [-0.05, 0) is 38.1 Å². The van der Waals surface area contributed by atoms with Crippen molar-refractivity contribution in [3.05, 3.63) is 51.8 Å². The maximum atomic E-state index is 12.4. The Hall–Kier alpha value is -2.80. The second-order valence-electron chi connectivity index (χ2n) is 5.92. The van der Waals surface area contributed by atoms with Gasteiger partial charge in [0.15, 0.2) is 6.61 Å². The predicted molar refractivity (Wildman–Crippen MR) is 98.3 cm³/mol. The number of rotatable bonds is 7. The third-order valence-corrected chi connectivity index (χ3v) is 4.39. The second kappa shape index (κ2) is 8.73. The van der Waals surface area contributed by atoms with Crippen molar-refractivity contribution in [2.24, 2.45) is 0 Å². The van der Waals surface area contributed by atoms with Crippen LogP contribution in [-0.2, 0) is 20.8 Å². The van der Waals surface area contributed by atoms with Crippen LogP contribution in [0, 0.1) is 13.8 Å². The molecule has 1 aromatic carbocycles. The molecule has 0 saturated carbocycles. The van der Waals surface area contributed by atoms with Gasteiger partial charge in [0, 0.05) is 28.5 Å². The monoisotopic (exact) mass is 393 g/mol. The molecule has 0 aliphatic rings. The maximum absolute atomic E-state index is 12.4. The highest BCUT2D eigenvalue weighted by atomic mass is 35.5. The first-order chi connectivity index (χ1) is 12.7. The fourth-order valence-electron chi connectivity index (χ4n) is 2.69. The van der Waals surface area contributed by atoms with Gasteiger partial charge in [0.25, 0.3) is 0 Å². The Morgan fingerprint density at radius 1 is 1.15 bits per heavy atom. The molecule has 1 N–H and O–H groups in total. The number of aromatic nitrogens is 1. The van der Waals surface area contributed by atoms with Crippen LogP contribution < -0.4 is 0 Å². The molecule has 2 rings (SSSR count). The highest BCUT2D eigenvalue weighted by Gasteiger charge is 2.19. The van der Waals surface area contributed by atoms with Crippen LogP contribution >= 0.6 is 11.6 Å². The van der Waals surface area contributed by atoms with E-state index in [1.165, 1.54) is 25.3 Å². The van der Waals surface area contributed by atoms with Gasteiger partial charge in [0.1, 0.15) is 11.3 Å². The van der Waals surface area contributed by atoms with Crippen LogP contribution in [0.4, 0.5) is 0 Å². The molecule has 0 saturated heterocycles. The molecule has 27 heavy (non-hydrogen) atoms. The topological polar surface area (TPSA) is 94.8 Å². The summed E-state index contributed by atoms with van der Waals surface area (Å²) in [6.07, 6.45) is 0.184. The molecule has 0 amide bonds. The van der Waals surface area contributed by atoms with Gasteiger partial charge in [0.2, 0.25) is 5.78 Å². The molecule has 2 aromatic rings. The standard InChI is InChI=1S/C19H20ClNO6/c1-11-8-14(12(2)21(11)7-6-18(24)26-3)17(23)10-27-19(25)15-9-13(20)4-5-16(15)22/h4-5,8-9,22H,6-7,10H2,1-3H3. The SMILES string of the molecule is COC(=O)CCn1c(C)cc(C(=O)COC(=O)c2cc(Cl)ccc2O)c1C. The van der Waals surface area contributed by atoms with Crippen LogP contribution in [-0.4, -0.2) is 41.1 Å². The largest absolute Gasteiger partial charge is 0.507 e. The zero-order valence-corrected chi connectivity index (χ0v) is 16.0. The molecule has 0 atom stereocenters. The molecule has 0 spiro atoms. The fourth-order valence-corrected chi connectivity index (χ4v) is 2.86. The van der Waals surface area contributed by atoms with Crippen LogP contribution in [0.15, 0.2) is 24.3 Å². The first-order valence-corrected chi connectivity index (χ1v) is 8.54. The van der Waals surface area contributed by atoms with E-state index in [1.54, 1.807) is 13.0 Å². The minimum atomic E-state index is -0.845. The molecule has 0 aliphatic carbocycles. The Bertz CT molecular complexity index is 887.